The molecule has 0 N–H and O–H groups in total. The normalized spacial score (nSPS) is 10.8. The van der Waals surface area contributed by atoms with Gasteiger partial charge in [-0.05, 0) is 19.9 Å². The zero-order valence-electron chi connectivity index (χ0n) is 9.68. The third kappa shape index (κ3) is 3.39. The van der Waals surface area contributed by atoms with Crippen molar-refractivity contribution in [3.8, 4) is 0 Å². The van der Waals surface area contributed by atoms with E-state index in [1.165, 1.54) is 12.1 Å². The highest BCUT2D eigenvalue weighted by molar-refractivity contribution is 6.31. The van der Waals surface area contributed by atoms with Gasteiger partial charge in [-0.1, -0.05) is 17.7 Å². The number of nitro groups is 1. The third-order valence-electron chi connectivity index (χ3n) is 2.10. The first kappa shape index (κ1) is 13.9. The van der Waals surface area contributed by atoms with Gasteiger partial charge in [-0.25, -0.2) is 0 Å². The summed E-state index contributed by atoms with van der Waals surface area (Å²) in [4.78, 5) is 10.4. The fourth-order valence-electron chi connectivity index (χ4n) is 1.44. The molecule has 0 aliphatic carbocycles. The van der Waals surface area contributed by atoms with Gasteiger partial charge in [0, 0.05) is 19.3 Å². The summed E-state index contributed by atoms with van der Waals surface area (Å²) in [7, 11) is 0. The van der Waals surface area contributed by atoms with Gasteiger partial charge in [0.1, 0.15) is 5.56 Å². The first-order valence-electron chi connectivity index (χ1n) is 5.27. The second-order valence-electron chi connectivity index (χ2n) is 3.17. The van der Waals surface area contributed by atoms with Gasteiger partial charge >= 0.3 is 0 Å². The van der Waals surface area contributed by atoms with Crippen molar-refractivity contribution in [2.45, 2.75) is 20.1 Å². The molecule has 0 heterocycles. The van der Waals surface area contributed by atoms with Gasteiger partial charge in [-0.2, -0.15) is 0 Å². The van der Waals surface area contributed by atoms with E-state index in [0.29, 0.717) is 13.2 Å². The Balaban J connectivity index is 3.19. The molecule has 0 spiro atoms. The van der Waals surface area contributed by atoms with Crippen LogP contribution in [0.2, 0.25) is 5.02 Å². The second kappa shape index (κ2) is 6.54. The molecule has 0 aromatic heterocycles. The number of benzene rings is 1. The first-order valence-corrected chi connectivity index (χ1v) is 5.65. The van der Waals surface area contributed by atoms with E-state index in [1.54, 1.807) is 19.9 Å². The zero-order chi connectivity index (χ0) is 12.8. The van der Waals surface area contributed by atoms with Crippen molar-refractivity contribution in [2.24, 2.45) is 0 Å². The quantitative estimate of drug-likeness (QED) is 0.447. The molecule has 0 saturated heterocycles. The van der Waals surface area contributed by atoms with Gasteiger partial charge in [0.05, 0.1) is 9.95 Å². The molecule has 0 saturated carbocycles. The maximum atomic E-state index is 10.9. The van der Waals surface area contributed by atoms with Gasteiger partial charge in [0.25, 0.3) is 5.69 Å². The van der Waals surface area contributed by atoms with Crippen LogP contribution in [0.15, 0.2) is 18.2 Å². The highest BCUT2D eigenvalue weighted by Gasteiger charge is 2.25. The predicted molar refractivity (Wildman–Crippen MR) is 64.1 cm³/mol. The van der Waals surface area contributed by atoms with Crippen molar-refractivity contribution >= 4 is 17.3 Å². The Hall–Kier alpha value is -1.17. The van der Waals surface area contributed by atoms with Crippen molar-refractivity contribution in [3.63, 3.8) is 0 Å². The summed E-state index contributed by atoms with van der Waals surface area (Å²) in [5.41, 5.74) is 0.173. The molecular weight excluding hydrogens is 246 g/mol. The van der Waals surface area contributed by atoms with Crippen LogP contribution in [0.1, 0.15) is 25.7 Å². The van der Waals surface area contributed by atoms with Crippen LogP contribution in [0.3, 0.4) is 0 Å². The van der Waals surface area contributed by atoms with E-state index in [0.717, 1.165) is 0 Å². The zero-order valence-corrected chi connectivity index (χ0v) is 10.4. The van der Waals surface area contributed by atoms with E-state index < -0.39 is 11.2 Å². The van der Waals surface area contributed by atoms with Gasteiger partial charge in [0.15, 0.2) is 6.29 Å². The molecule has 0 aliphatic heterocycles. The lowest BCUT2D eigenvalue weighted by atomic mass is 10.1. The van der Waals surface area contributed by atoms with Gasteiger partial charge < -0.3 is 9.47 Å². The van der Waals surface area contributed by atoms with Gasteiger partial charge in [-0.15, -0.1) is 0 Å². The predicted octanol–water partition coefficient (Wildman–Crippen LogP) is 3.32. The molecule has 0 amide bonds. The molecule has 0 unspecified atom stereocenters. The Labute approximate surface area is 104 Å². The number of hydrogen-bond donors (Lipinski definition) is 0. The van der Waals surface area contributed by atoms with E-state index >= 15 is 0 Å². The van der Waals surface area contributed by atoms with Gasteiger partial charge in [0.2, 0.25) is 0 Å². The summed E-state index contributed by atoms with van der Waals surface area (Å²) in [6.45, 7) is 4.34. The minimum Gasteiger partial charge on any atom is -0.348 e. The van der Waals surface area contributed by atoms with Crippen LogP contribution in [0.4, 0.5) is 5.69 Å². The summed E-state index contributed by atoms with van der Waals surface area (Å²) in [5.74, 6) is 0. The third-order valence-corrected chi connectivity index (χ3v) is 2.43. The van der Waals surface area contributed by atoms with E-state index in [9.17, 15) is 10.1 Å². The summed E-state index contributed by atoms with van der Waals surface area (Å²) < 4.78 is 10.7. The van der Waals surface area contributed by atoms with Crippen LogP contribution in [0.5, 0.6) is 0 Å². The van der Waals surface area contributed by atoms with Crippen molar-refractivity contribution in [1.82, 2.24) is 0 Å². The van der Waals surface area contributed by atoms with Crippen molar-refractivity contribution in [3.05, 3.63) is 38.9 Å². The number of ether oxygens (including phenoxy) is 2. The topological polar surface area (TPSA) is 61.6 Å². The largest absolute Gasteiger partial charge is 0.348 e. The smallest absolute Gasteiger partial charge is 0.279 e. The van der Waals surface area contributed by atoms with Crippen molar-refractivity contribution < 1.29 is 14.4 Å². The molecule has 1 aromatic carbocycles. The molecular formula is C11H14ClNO4. The lowest BCUT2D eigenvalue weighted by molar-refractivity contribution is -0.387. The minimum atomic E-state index is -0.806. The number of rotatable bonds is 6. The van der Waals surface area contributed by atoms with Crippen LogP contribution in [-0.2, 0) is 9.47 Å². The van der Waals surface area contributed by atoms with E-state index in [1.807, 2.05) is 0 Å². The van der Waals surface area contributed by atoms with Gasteiger partial charge in [-0.3, -0.25) is 10.1 Å². The Bertz CT molecular complexity index is 391. The minimum absolute atomic E-state index is 0.0931. The maximum absolute atomic E-state index is 10.9. The lowest BCUT2D eigenvalue weighted by Crippen LogP contribution is -2.11. The molecule has 1 rings (SSSR count). The Morgan fingerprint density at radius 2 is 1.94 bits per heavy atom. The van der Waals surface area contributed by atoms with Crippen LogP contribution >= 0.6 is 11.6 Å². The Morgan fingerprint density at radius 3 is 2.41 bits per heavy atom. The van der Waals surface area contributed by atoms with Crippen LogP contribution in [0.25, 0.3) is 0 Å². The molecule has 94 valence electrons. The Kier molecular flexibility index (Phi) is 5.34. The summed E-state index contributed by atoms with van der Waals surface area (Å²) >= 11 is 5.98. The second-order valence-corrected chi connectivity index (χ2v) is 3.58. The van der Waals surface area contributed by atoms with Crippen LogP contribution in [-0.4, -0.2) is 18.1 Å². The molecule has 1 aromatic rings. The number of nitro benzene ring substituents is 1. The molecule has 0 bridgehead atoms. The lowest BCUT2D eigenvalue weighted by Gasteiger charge is -2.18. The SMILES string of the molecule is CCOC(OCC)c1c(Cl)cccc1[N+](=O)[O-]. The molecule has 0 aliphatic rings. The molecule has 0 radical (unpaired) electrons. The fourth-order valence-corrected chi connectivity index (χ4v) is 1.69. The number of hydrogen-bond acceptors (Lipinski definition) is 4. The molecule has 0 fully saturated rings. The maximum Gasteiger partial charge on any atom is 0.279 e. The van der Waals surface area contributed by atoms with Crippen molar-refractivity contribution in [2.75, 3.05) is 13.2 Å². The standard InChI is InChI=1S/C11H14ClNO4/c1-3-16-11(17-4-2)10-8(12)6-5-7-9(10)13(14)15/h5-7,11H,3-4H2,1-2H3. The Morgan fingerprint density at radius 1 is 1.35 bits per heavy atom. The van der Waals surface area contributed by atoms with E-state index in [4.69, 9.17) is 21.1 Å². The highest BCUT2D eigenvalue weighted by atomic mass is 35.5. The monoisotopic (exact) mass is 259 g/mol. The average Bonchev–Trinajstić information content (AvgIpc) is 2.28. The van der Waals surface area contributed by atoms with Crippen LogP contribution < -0.4 is 0 Å². The van der Waals surface area contributed by atoms with E-state index in [2.05, 4.69) is 0 Å². The number of halogens is 1. The molecule has 5 nitrogen and oxygen atoms in total. The highest BCUT2D eigenvalue weighted by Crippen LogP contribution is 2.34. The van der Waals surface area contributed by atoms with Crippen LogP contribution in [0, 0.1) is 10.1 Å². The summed E-state index contributed by atoms with van der Waals surface area (Å²) in [6, 6.07) is 4.49. The first-order chi connectivity index (χ1) is 8.11. The molecule has 17 heavy (non-hydrogen) atoms. The molecule has 0 atom stereocenters. The van der Waals surface area contributed by atoms with E-state index in [-0.39, 0.29) is 16.3 Å². The van der Waals surface area contributed by atoms with Crippen molar-refractivity contribution in [1.29, 1.82) is 0 Å². The summed E-state index contributed by atoms with van der Waals surface area (Å²) in [6.07, 6.45) is -0.806. The fraction of sp³-hybridized carbons (Fsp3) is 0.455. The average molecular weight is 260 g/mol. The summed E-state index contributed by atoms with van der Waals surface area (Å²) in [5, 5.41) is 11.2. The number of nitrogens with zero attached hydrogens (tertiary/aromatic N) is 1. The molecule has 6 heteroatoms.